The summed E-state index contributed by atoms with van der Waals surface area (Å²) in [4.78, 5) is 2.08. The molecule has 0 spiro atoms. The van der Waals surface area contributed by atoms with Crippen LogP contribution in [-0.4, -0.2) is 36.2 Å². The summed E-state index contributed by atoms with van der Waals surface area (Å²) in [6, 6.07) is 8.28. The quantitative estimate of drug-likeness (QED) is 0.750. The summed E-state index contributed by atoms with van der Waals surface area (Å²) < 4.78 is 0. The van der Waals surface area contributed by atoms with Gasteiger partial charge in [0.25, 0.3) is 0 Å². The molecule has 3 heteroatoms. The number of aliphatic hydroxyl groups excluding tert-OH is 1. The molecule has 15 heavy (non-hydrogen) atoms. The van der Waals surface area contributed by atoms with E-state index in [0.29, 0.717) is 13.1 Å². The van der Waals surface area contributed by atoms with Crippen LogP contribution in [0.3, 0.4) is 0 Å². The molecular weight excluding hydrogens is 188 g/mol. The van der Waals surface area contributed by atoms with E-state index < -0.39 is 6.10 Å². The number of nitrogens with zero attached hydrogens (tertiary/aromatic N) is 1. The lowest BCUT2D eigenvalue weighted by Crippen LogP contribution is -2.33. The largest absolute Gasteiger partial charge is 0.390 e. The molecule has 3 nitrogen and oxygen atoms in total. The minimum atomic E-state index is -0.431. The van der Waals surface area contributed by atoms with Crippen LogP contribution in [0.25, 0.3) is 0 Å². The molecule has 0 saturated heterocycles. The van der Waals surface area contributed by atoms with Gasteiger partial charge in [0, 0.05) is 19.6 Å². The van der Waals surface area contributed by atoms with Gasteiger partial charge in [0.15, 0.2) is 0 Å². The number of benzene rings is 1. The summed E-state index contributed by atoms with van der Waals surface area (Å²) >= 11 is 0. The molecule has 0 bridgehead atoms. The molecule has 0 aliphatic carbocycles. The Morgan fingerprint density at radius 1 is 1.40 bits per heavy atom. The van der Waals surface area contributed by atoms with E-state index in [1.54, 1.807) is 0 Å². The second-order valence-corrected chi connectivity index (χ2v) is 4.01. The van der Waals surface area contributed by atoms with E-state index in [2.05, 4.69) is 24.0 Å². The average Bonchev–Trinajstić information content (AvgIpc) is 2.21. The molecule has 1 atom stereocenters. The zero-order valence-corrected chi connectivity index (χ0v) is 9.48. The van der Waals surface area contributed by atoms with Gasteiger partial charge < -0.3 is 10.8 Å². The topological polar surface area (TPSA) is 49.5 Å². The molecule has 84 valence electrons. The van der Waals surface area contributed by atoms with Gasteiger partial charge in [-0.05, 0) is 25.1 Å². The molecule has 0 aliphatic rings. The number of likely N-dealkylation sites (N-methyl/N-ethyl adjacent to an activating group) is 1. The molecule has 0 aromatic heterocycles. The molecule has 0 radical (unpaired) electrons. The second-order valence-electron chi connectivity index (χ2n) is 4.01. The van der Waals surface area contributed by atoms with Gasteiger partial charge >= 0.3 is 0 Å². The van der Waals surface area contributed by atoms with Crippen molar-refractivity contribution in [3.8, 4) is 0 Å². The molecule has 3 N–H and O–H groups in total. The Morgan fingerprint density at radius 2 is 2.07 bits per heavy atom. The van der Waals surface area contributed by atoms with Crippen molar-refractivity contribution in [3.05, 3.63) is 35.4 Å². The molecule has 1 aromatic carbocycles. The Kier molecular flexibility index (Phi) is 4.75. The minimum absolute atomic E-state index is 0.318. The number of hydrogen-bond donors (Lipinski definition) is 2. The number of aliphatic hydroxyl groups is 1. The van der Waals surface area contributed by atoms with E-state index in [-0.39, 0.29) is 0 Å². The van der Waals surface area contributed by atoms with Crippen LogP contribution in [0.15, 0.2) is 24.3 Å². The Hall–Kier alpha value is -0.900. The lowest BCUT2D eigenvalue weighted by atomic mass is 10.1. The molecule has 0 fully saturated rings. The van der Waals surface area contributed by atoms with E-state index >= 15 is 0 Å². The summed E-state index contributed by atoms with van der Waals surface area (Å²) in [5, 5.41) is 9.41. The van der Waals surface area contributed by atoms with Crippen molar-refractivity contribution in [1.82, 2.24) is 4.90 Å². The normalized spacial score (nSPS) is 13.1. The van der Waals surface area contributed by atoms with Crippen LogP contribution in [-0.2, 0) is 6.54 Å². The molecule has 0 amide bonds. The zero-order valence-electron chi connectivity index (χ0n) is 9.48. The lowest BCUT2D eigenvalue weighted by molar-refractivity contribution is 0.129. The SMILES string of the molecule is Cc1ccccc1CN(C)CC(O)CN. The van der Waals surface area contributed by atoms with E-state index in [1.165, 1.54) is 11.1 Å². The van der Waals surface area contributed by atoms with Crippen LogP contribution >= 0.6 is 0 Å². The Morgan fingerprint density at radius 3 is 2.67 bits per heavy atom. The molecule has 0 aliphatic heterocycles. The van der Waals surface area contributed by atoms with Crippen molar-refractivity contribution in [1.29, 1.82) is 0 Å². The molecule has 0 heterocycles. The Labute approximate surface area is 91.5 Å². The third-order valence-corrected chi connectivity index (χ3v) is 2.50. The molecular formula is C12H20N2O. The molecule has 1 rings (SSSR count). The van der Waals surface area contributed by atoms with Crippen molar-refractivity contribution in [2.75, 3.05) is 20.1 Å². The minimum Gasteiger partial charge on any atom is -0.390 e. The smallest absolute Gasteiger partial charge is 0.0789 e. The molecule has 0 saturated carbocycles. The third kappa shape index (κ3) is 4.00. The highest BCUT2D eigenvalue weighted by Crippen LogP contribution is 2.09. The maximum atomic E-state index is 9.41. The van der Waals surface area contributed by atoms with Gasteiger partial charge in [-0.2, -0.15) is 0 Å². The second kappa shape index (κ2) is 5.85. The standard InChI is InChI=1S/C12H20N2O/c1-10-5-3-4-6-11(10)8-14(2)9-12(15)7-13/h3-6,12,15H,7-9,13H2,1-2H3. The first-order valence-corrected chi connectivity index (χ1v) is 5.24. The first-order valence-electron chi connectivity index (χ1n) is 5.24. The first kappa shape index (κ1) is 12.2. The Bertz CT molecular complexity index is 301. The maximum Gasteiger partial charge on any atom is 0.0789 e. The van der Waals surface area contributed by atoms with Crippen LogP contribution in [0.2, 0.25) is 0 Å². The number of rotatable bonds is 5. The van der Waals surface area contributed by atoms with Crippen molar-refractivity contribution < 1.29 is 5.11 Å². The zero-order chi connectivity index (χ0) is 11.3. The van der Waals surface area contributed by atoms with Gasteiger partial charge in [0.2, 0.25) is 0 Å². The molecule has 1 aromatic rings. The van der Waals surface area contributed by atoms with Gasteiger partial charge in [-0.25, -0.2) is 0 Å². The highest BCUT2D eigenvalue weighted by atomic mass is 16.3. The van der Waals surface area contributed by atoms with E-state index in [9.17, 15) is 5.11 Å². The predicted molar refractivity (Wildman–Crippen MR) is 62.6 cm³/mol. The van der Waals surface area contributed by atoms with Crippen LogP contribution in [0.1, 0.15) is 11.1 Å². The Balaban J connectivity index is 2.51. The van der Waals surface area contributed by atoms with E-state index in [4.69, 9.17) is 5.73 Å². The fraction of sp³-hybridized carbons (Fsp3) is 0.500. The average molecular weight is 208 g/mol. The lowest BCUT2D eigenvalue weighted by Gasteiger charge is -2.20. The number of aryl methyl sites for hydroxylation is 1. The number of hydrogen-bond acceptors (Lipinski definition) is 3. The molecule has 1 unspecified atom stereocenters. The van der Waals surface area contributed by atoms with Gasteiger partial charge in [0.05, 0.1) is 6.10 Å². The maximum absolute atomic E-state index is 9.41. The number of nitrogens with two attached hydrogens (primary N) is 1. The summed E-state index contributed by atoms with van der Waals surface area (Å²) in [7, 11) is 1.99. The highest BCUT2D eigenvalue weighted by Gasteiger charge is 2.07. The van der Waals surface area contributed by atoms with Crippen LogP contribution in [0.5, 0.6) is 0 Å². The van der Waals surface area contributed by atoms with Crippen molar-refractivity contribution in [3.63, 3.8) is 0 Å². The van der Waals surface area contributed by atoms with E-state index in [0.717, 1.165) is 6.54 Å². The summed E-state index contributed by atoms with van der Waals surface area (Å²) in [5.74, 6) is 0. The fourth-order valence-corrected chi connectivity index (χ4v) is 1.58. The first-order chi connectivity index (χ1) is 7.13. The summed E-state index contributed by atoms with van der Waals surface area (Å²) in [6.45, 7) is 3.88. The van der Waals surface area contributed by atoms with Gasteiger partial charge in [-0.15, -0.1) is 0 Å². The van der Waals surface area contributed by atoms with Gasteiger partial charge in [-0.3, -0.25) is 4.90 Å². The third-order valence-electron chi connectivity index (χ3n) is 2.50. The van der Waals surface area contributed by atoms with Crippen LogP contribution in [0.4, 0.5) is 0 Å². The van der Waals surface area contributed by atoms with Crippen molar-refractivity contribution >= 4 is 0 Å². The fourth-order valence-electron chi connectivity index (χ4n) is 1.58. The van der Waals surface area contributed by atoms with Crippen molar-refractivity contribution in [2.45, 2.75) is 19.6 Å². The van der Waals surface area contributed by atoms with Crippen molar-refractivity contribution in [2.24, 2.45) is 5.73 Å². The van der Waals surface area contributed by atoms with Gasteiger partial charge in [0.1, 0.15) is 0 Å². The van der Waals surface area contributed by atoms with Crippen LogP contribution < -0.4 is 5.73 Å². The monoisotopic (exact) mass is 208 g/mol. The van der Waals surface area contributed by atoms with E-state index in [1.807, 2.05) is 19.2 Å². The van der Waals surface area contributed by atoms with Crippen LogP contribution in [0, 0.1) is 6.92 Å². The highest BCUT2D eigenvalue weighted by molar-refractivity contribution is 5.25. The summed E-state index contributed by atoms with van der Waals surface area (Å²) in [5.41, 5.74) is 7.95. The summed E-state index contributed by atoms with van der Waals surface area (Å²) in [6.07, 6.45) is -0.431. The predicted octanol–water partition coefficient (Wildman–Crippen LogP) is 0.746. The van der Waals surface area contributed by atoms with Gasteiger partial charge in [-0.1, -0.05) is 24.3 Å².